The van der Waals surface area contributed by atoms with Crippen LogP contribution in [0.15, 0.2) is 66.9 Å². The number of rotatable bonds is 6. The van der Waals surface area contributed by atoms with Crippen molar-refractivity contribution in [1.82, 2.24) is 4.98 Å². The van der Waals surface area contributed by atoms with E-state index in [9.17, 15) is 9.59 Å². The zero-order chi connectivity index (χ0) is 19.9. The number of esters is 1. The number of aromatic nitrogens is 1. The Morgan fingerprint density at radius 3 is 2.54 bits per heavy atom. The Labute approximate surface area is 163 Å². The van der Waals surface area contributed by atoms with E-state index in [1.807, 2.05) is 31.2 Å². The first-order valence-corrected chi connectivity index (χ1v) is 8.81. The third-order valence-electron chi connectivity index (χ3n) is 4.20. The van der Waals surface area contributed by atoms with Gasteiger partial charge in [0.05, 0.1) is 18.4 Å². The van der Waals surface area contributed by atoms with Crippen LogP contribution in [0.5, 0.6) is 0 Å². The molecular weight excluding hydrogens is 354 g/mol. The van der Waals surface area contributed by atoms with Gasteiger partial charge in [0.1, 0.15) is 5.82 Å². The minimum absolute atomic E-state index is 0.296. The molecule has 142 valence electrons. The monoisotopic (exact) mass is 375 g/mol. The van der Waals surface area contributed by atoms with Gasteiger partial charge in [0.2, 0.25) is 0 Å². The van der Waals surface area contributed by atoms with Crippen LogP contribution >= 0.6 is 0 Å². The van der Waals surface area contributed by atoms with E-state index < -0.39 is 5.97 Å². The lowest BCUT2D eigenvalue weighted by Gasteiger charge is -2.11. The molecule has 1 aromatic heterocycles. The zero-order valence-corrected chi connectivity index (χ0v) is 15.7. The fourth-order valence-electron chi connectivity index (χ4n) is 2.64. The van der Waals surface area contributed by atoms with Crippen LogP contribution in [0.4, 0.5) is 11.5 Å². The number of nitrogens with one attached hydrogen (secondary N) is 2. The number of ether oxygens (including phenoxy) is 1. The predicted molar refractivity (Wildman–Crippen MR) is 108 cm³/mol. The summed E-state index contributed by atoms with van der Waals surface area (Å²) in [5.74, 6) is -0.252. The van der Waals surface area contributed by atoms with Crippen molar-refractivity contribution in [3.63, 3.8) is 0 Å². The van der Waals surface area contributed by atoms with Crippen molar-refractivity contribution in [2.24, 2.45) is 0 Å². The SMILES string of the molecule is COC(=O)c1ccccc1NC(=O)c1ccnc(NCc2ccc(C)cc2)c1. The van der Waals surface area contributed by atoms with Crippen LogP contribution < -0.4 is 10.6 Å². The Kier molecular flexibility index (Phi) is 6.01. The molecule has 6 nitrogen and oxygen atoms in total. The lowest BCUT2D eigenvalue weighted by Crippen LogP contribution is -2.16. The minimum atomic E-state index is -0.508. The maximum absolute atomic E-state index is 12.6. The number of pyridine rings is 1. The van der Waals surface area contributed by atoms with Gasteiger partial charge in [-0.1, -0.05) is 42.0 Å². The van der Waals surface area contributed by atoms with Crippen molar-refractivity contribution >= 4 is 23.4 Å². The standard InChI is InChI=1S/C22H21N3O3/c1-15-7-9-16(10-8-15)14-24-20-13-17(11-12-23-20)21(26)25-19-6-4-3-5-18(19)22(27)28-2/h3-13H,14H2,1-2H3,(H,23,24)(H,25,26). The van der Waals surface area contributed by atoms with Gasteiger partial charge in [0, 0.05) is 18.3 Å². The van der Waals surface area contributed by atoms with Crippen LogP contribution in [-0.2, 0) is 11.3 Å². The molecule has 0 unspecified atom stereocenters. The van der Waals surface area contributed by atoms with E-state index in [0.29, 0.717) is 29.2 Å². The largest absolute Gasteiger partial charge is 0.465 e. The van der Waals surface area contributed by atoms with E-state index in [1.54, 1.807) is 42.6 Å². The van der Waals surface area contributed by atoms with Crippen molar-refractivity contribution in [3.8, 4) is 0 Å². The topological polar surface area (TPSA) is 80.3 Å². The average Bonchev–Trinajstić information content (AvgIpc) is 2.73. The normalized spacial score (nSPS) is 10.2. The predicted octanol–water partition coefficient (Wildman–Crippen LogP) is 4.04. The van der Waals surface area contributed by atoms with Crippen LogP contribution in [0.1, 0.15) is 31.8 Å². The van der Waals surface area contributed by atoms with Crippen LogP contribution in [0, 0.1) is 6.92 Å². The molecule has 0 aliphatic carbocycles. The number of carbonyl (C=O) groups is 2. The number of aryl methyl sites for hydroxylation is 1. The van der Waals surface area contributed by atoms with Gasteiger partial charge in [0.15, 0.2) is 0 Å². The maximum Gasteiger partial charge on any atom is 0.339 e. The molecule has 0 atom stereocenters. The van der Waals surface area contributed by atoms with E-state index in [-0.39, 0.29) is 5.91 Å². The molecule has 3 rings (SSSR count). The van der Waals surface area contributed by atoms with Crippen molar-refractivity contribution < 1.29 is 14.3 Å². The van der Waals surface area contributed by atoms with Crippen molar-refractivity contribution in [3.05, 3.63) is 89.1 Å². The number of hydrogen-bond acceptors (Lipinski definition) is 5. The van der Waals surface area contributed by atoms with Crippen LogP contribution in [0.2, 0.25) is 0 Å². The highest BCUT2D eigenvalue weighted by Gasteiger charge is 2.14. The number of methoxy groups -OCH3 is 1. The molecule has 0 bridgehead atoms. The van der Waals surface area contributed by atoms with E-state index in [4.69, 9.17) is 4.74 Å². The fraction of sp³-hybridized carbons (Fsp3) is 0.136. The Hall–Kier alpha value is -3.67. The highest BCUT2D eigenvalue weighted by atomic mass is 16.5. The van der Waals surface area contributed by atoms with Crippen LogP contribution in [0.3, 0.4) is 0 Å². The second-order valence-electron chi connectivity index (χ2n) is 6.26. The van der Waals surface area contributed by atoms with E-state index in [0.717, 1.165) is 5.56 Å². The van der Waals surface area contributed by atoms with Gasteiger partial charge in [-0.05, 0) is 36.8 Å². The Morgan fingerprint density at radius 1 is 1.04 bits per heavy atom. The number of nitrogens with zero attached hydrogens (tertiary/aromatic N) is 1. The minimum Gasteiger partial charge on any atom is -0.465 e. The van der Waals surface area contributed by atoms with Gasteiger partial charge in [-0.15, -0.1) is 0 Å². The maximum atomic E-state index is 12.6. The van der Waals surface area contributed by atoms with Gasteiger partial charge in [0.25, 0.3) is 5.91 Å². The third-order valence-corrected chi connectivity index (χ3v) is 4.20. The highest BCUT2D eigenvalue weighted by Crippen LogP contribution is 2.18. The molecule has 1 amide bonds. The fourth-order valence-corrected chi connectivity index (χ4v) is 2.64. The molecule has 28 heavy (non-hydrogen) atoms. The molecule has 0 aliphatic rings. The number of amides is 1. The van der Waals surface area contributed by atoms with E-state index >= 15 is 0 Å². The lowest BCUT2D eigenvalue weighted by molar-refractivity contribution is 0.0602. The number of hydrogen-bond donors (Lipinski definition) is 2. The molecular formula is C22H21N3O3. The molecule has 2 aromatic carbocycles. The first-order chi connectivity index (χ1) is 13.6. The number of benzene rings is 2. The lowest BCUT2D eigenvalue weighted by atomic mass is 10.1. The molecule has 1 heterocycles. The van der Waals surface area contributed by atoms with Crippen LogP contribution in [0.25, 0.3) is 0 Å². The molecule has 0 fully saturated rings. The van der Waals surface area contributed by atoms with Gasteiger partial charge in [-0.25, -0.2) is 9.78 Å². The summed E-state index contributed by atoms with van der Waals surface area (Å²) in [6.45, 7) is 2.64. The summed E-state index contributed by atoms with van der Waals surface area (Å²) in [7, 11) is 1.30. The van der Waals surface area contributed by atoms with E-state index in [2.05, 4.69) is 15.6 Å². The molecule has 0 saturated heterocycles. The summed E-state index contributed by atoms with van der Waals surface area (Å²) in [6.07, 6.45) is 1.57. The van der Waals surface area contributed by atoms with Gasteiger partial charge >= 0.3 is 5.97 Å². The molecule has 0 radical (unpaired) electrons. The number of anilines is 2. The molecule has 6 heteroatoms. The highest BCUT2D eigenvalue weighted by molar-refractivity contribution is 6.08. The summed E-state index contributed by atoms with van der Waals surface area (Å²) in [4.78, 5) is 28.7. The molecule has 0 spiro atoms. The van der Waals surface area contributed by atoms with Gasteiger partial charge in [-0.3, -0.25) is 4.79 Å². The zero-order valence-electron chi connectivity index (χ0n) is 15.7. The van der Waals surface area contributed by atoms with Crippen LogP contribution in [-0.4, -0.2) is 24.0 Å². The van der Waals surface area contributed by atoms with Gasteiger partial charge in [-0.2, -0.15) is 0 Å². The second-order valence-corrected chi connectivity index (χ2v) is 6.26. The molecule has 2 N–H and O–H groups in total. The summed E-state index contributed by atoms with van der Waals surface area (Å²) >= 11 is 0. The summed E-state index contributed by atoms with van der Waals surface area (Å²) < 4.78 is 4.75. The summed E-state index contributed by atoms with van der Waals surface area (Å²) in [5, 5.41) is 5.97. The first kappa shape index (κ1) is 19.1. The Bertz CT molecular complexity index is 984. The first-order valence-electron chi connectivity index (χ1n) is 8.81. The van der Waals surface area contributed by atoms with E-state index in [1.165, 1.54) is 12.7 Å². The van der Waals surface area contributed by atoms with Gasteiger partial charge < -0.3 is 15.4 Å². The summed E-state index contributed by atoms with van der Waals surface area (Å²) in [6, 6.07) is 18.2. The van der Waals surface area contributed by atoms with Crippen molar-refractivity contribution in [1.29, 1.82) is 0 Å². The second kappa shape index (κ2) is 8.81. The van der Waals surface area contributed by atoms with Crippen molar-refractivity contribution in [2.75, 3.05) is 17.7 Å². The quantitative estimate of drug-likeness (QED) is 0.636. The average molecular weight is 375 g/mol. The molecule has 3 aromatic rings. The number of para-hydroxylation sites is 1. The smallest absolute Gasteiger partial charge is 0.339 e. The molecule has 0 saturated carbocycles. The van der Waals surface area contributed by atoms with Crippen molar-refractivity contribution in [2.45, 2.75) is 13.5 Å². The summed E-state index contributed by atoms with van der Waals surface area (Å²) in [5.41, 5.74) is 3.44. The molecule has 0 aliphatic heterocycles. The Balaban J connectivity index is 1.70. The number of carbonyl (C=O) groups excluding carboxylic acids is 2. The Morgan fingerprint density at radius 2 is 1.79 bits per heavy atom. The third kappa shape index (κ3) is 4.73.